The van der Waals surface area contributed by atoms with Crippen molar-refractivity contribution in [2.75, 3.05) is 11.1 Å². The molecule has 0 saturated carbocycles. The lowest BCUT2D eigenvalue weighted by Crippen LogP contribution is -2.17. The van der Waals surface area contributed by atoms with Crippen molar-refractivity contribution in [3.8, 4) is 5.75 Å². The van der Waals surface area contributed by atoms with Crippen LogP contribution in [-0.2, 0) is 11.3 Å². The molecule has 33 heavy (non-hydrogen) atoms. The predicted octanol–water partition coefficient (Wildman–Crippen LogP) is 6.24. The molecule has 0 aliphatic rings. The van der Waals surface area contributed by atoms with Crippen LogP contribution in [0.4, 0.5) is 5.69 Å². The van der Waals surface area contributed by atoms with Crippen LogP contribution < -0.4 is 10.1 Å². The van der Waals surface area contributed by atoms with E-state index in [-0.39, 0.29) is 17.8 Å². The lowest BCUT2D eigenvalue weighted by Gasteiger charge is -2.20. The number of carbonyl (C=O) groups is 1. The van der Waals surface area contributed by atoms with Crippen molar-refractivity contribution >= 4 is 23.4 Å². The van der Waals surface area contributed by atoms with Crippen LogP contribution in [0.5, 0.6) is 5.75 Å². The van der Waals surface area contributed by atoms with Gasteiger partial charge < -0.3 is 14.6 Å². The normalized spacial score (nSPS) is 12.2. The zero-order chi connectivity index (χ0) is 24.0. The summed E-state index contributed by atoms with van der Waals surface area (Å²) in [6.45, 7) is 13.4. The molecule has 0 radical (unpaired) electrons. The maximum atomic E-state index is 12.5. The van der Waals surface area contributed by atoms with Gasteiger partial charge in [-0.25, -0.2) is 0 Å². The van der Waals surface area contributed by atoms with Crippen LogP contribution in [0.15, 0.2) is 53.7 Å². The van der Waals surface area contributed by atoms with Crippen LogP contribution in [-0.4, -0.2) is 26.4 Å². The molecule has 1 heterocycles. The van der Waals surface area contributed by atoms with E-state index in [0.29, 0.717) is 11.8 Å². The Morgan fingerprint density at radius 3 is 2.52 bits per heavy atom. The molecule has 0 aliphatic heterocycles. The zero-order valence-corrected chi connectivity index (χ0v) is 21.1. The topological polar surface area (TPSA) is 69.0 Å². The molecular formula is C26H34N4O2S. The lowest BCUT2D eigenvalue weighted by atomic mass is 10.0. The van der Waals surface area contributed by atoms with Crippen LogP contribution in [0.25, 0.3) is 0 Å². The number of hydrogen-bond acceptors (Lipinski definition) is 5. The minimum absolute atomic E-state index is 0.0681. The highest BCUT2D eigenvalue weighted by atomic mass is 32.2. The van der Waals surface area contributed by atoms with Gasteiger partial charge in [-0.2, -0.15) is 0 Å². The van der Waals surface area contributed by atoms with Gasteiger partial charge in [-0.3, -0.25) is 4.79 Å². The van der Waals surface area contributed by atoms with Crippen molar-refractivity contribution in [2.24, 2.45) is 5.92 Å². The fraction of sp³-hybridized carbons (Fsp3) is 0.423. The summed E-state index contributed by atoms with van der Waals surface area (Å²) in [6, 6.07) is 15.9. The number of amides is 1. The maximum absolute atomic E-state index is 12.5. The van der Waals surface area contributed by atoms with Gasteiger partial charge in [-0.05, 0) is 55.0 Å². The monoisotopic (exact) mass is 466 g/mol. The van der Waals surface area contributed by atoms with Gasteiger partial charge in [0.05, 0.1) is 5.75 Å². The Balaban J connectivity index is 1.73. The highest BCUT2D eigenvalue weighted by Crippen LogP contribution is 2.31. The Morgan fingerprint density at radius 1 is 1.06 bits per heavy atom. The Labute approximate surface area is 201 Å². The second-order valence-electron chi connectivity index (χ2n) is 9.00. The molecule has 1 N–H and O–H groups in total. The fourth-order valence-electron chi connectivity index (χ4n) is 3.60. The van der Waals surface area contributed by atoms with E-state index in [9.17, 15) is 4.79 Å². The van der Waals surface area contributed by atoms with Crippen molar-refractivity contribution in [3.05, 3.63) is 65.5 Å². The second kappa shape index (κ2) is 11.4. The number of para-hydroxylation sites is 1. The number of rotatable bonds is 10. The molecule has 1 atom stereocenters. The van der Waals surface area contributed by atoms with Crippen LogP contribution in [0.3, 0.4) is 0 Å². The molecule has 0 bridgehead atoms. The molecule has 7 heteroatoms. The van der Waals surface area contributed by atoms with Crippen LogP contribution in [0.1, 0.15) is 63.6 Å². The summed E-state index contributed by atoms with van der Waals surface area (Å²) < 4.78 is 8.41. The Bertz CT molecular complexity index is 1080. The van der Waals surface area contributed by atoms with Gasteiger partial charge in [0.1, 0.15) is 5.75 Å². The number of nitrogens with zero attached hydrogens (tertiary/aromatic N) is 3. The van der Waals surface area contributed by atoms with E-state index in [1.54, 1.807) is 0 Å². The largest absolute Gasteiger partial charge is 0.482 e. The van der Waals surface area contributed by atoms with Gasteiger partial charge in [0, 0.05) is 12.2 Å². The molecule has 6 nitrogen and oxygen atoms in total. The molecular weight excluding hydrogens is 432 g/mol. The molecule has 1 unspecified atom stereocenters. The third-order valence-corrected chi connectivity index (χ3v) is 6.10. The van der Waals surface area contributed by atoms with Crippen LogP contribution in [0, 0.1) is 12.8 Å². The first-order valence-corrected chi connectivity index (χ1v) is 12.4. The van der Waals surface area contributed by atoms with E-state index in [1.807, 2.05) is 56.3 Å². The Hall–Kier alpha value is -2.80. The highest BCUT2D eigenvalue weighted by molar-refractivity contribution is 7.99. The summed E-state index contributed by atoms with van der Waals surface area (Å²) in [6.07, 6.45) is -0.272. The summed E-state index contributed by atoms with van der Waals surface area (Å²) >= 11 is 1.39. The molecule has 0 spiro atoms. The third-order valence-electron chi connectivity index (χ3n) is 5.14. The smallest absolute Gasteiger partial charge is 0.234 e. The van der Waals surface area contributed by atoms with Crippen LogP contribution in [0.2, 0.25) is 0 Å². The van der Waals surface area contributed by atoms with Crippen LogP contribution >= 0.6 is 11.8 Å². The van der Waals surface area contributed by atoms with E-state index in [1.165, 1.54) is 17.3 Å². The maximum Gasteiger partial charge on any atom is 0.234 e. The van der Waals surface area contributed by atoms with Gasteiger partial charge >= 0.3 is 0 Å². The van der Waals surface area contributed by atoms with Crippen molar-refractivity contribution < 1.29 is 9.53 Å². The highest BCUT2D eigenvalue weighted by Gasteiger charge is 2.22. The van der Waals surface area contributed by atoms with E-state index in [0.717, 1.165) is 34.5 Å². The molecule has 3 rings (SSSR count). The number of ether oxygens (including phenoxy) is 1. The van der Waals surface area contributed by atoms with E-state index in [2.05, 4.69) is 53.8 Å². The summed E-state index contributed by atoms with van der Waals surface area (Å²) in [7, 11) is 0. The minimum atomic E-state index is -0.272. The second-order valence-corrected chi connectivity index (χ2v) is 9.95. The number of hydrogen-bond donors (Lipinski definition) is 1. The van der Waals surface area contributed by atoms with Gasteiger partial charge in [0.15, 0.2) is 17.1 Å². The molecule has 0 aliphatic carbocycles. The zero-order valence-electron chi connectivity index (χ0n) is 20.3. The molecule has 1 amide bonds. The number of thioether (sulfide) groups is 1. The Kier molecular flexibility index (Phi) is 8.55. The Morgan fingerprint density at radius 2 is 1.82 bits per heavy atom. The standard InChI is InChI=1S/C26H34N4O2S/c1-17(2)15-30-25(20(6)32-23-13-8-7-12-22(23)18(3)4)28-29-26(30)33-16-24(31)27-21-11-9-10-19(5)14-21/h7-14,17-18,20H,15-16H2,1-6H3,(H,27,31). The number of aromatic nitrogens is 3. The first kappa shape index (κ1) is 24.8. The van der Waals surface area contributed by atoms with Crippen molar-refractivity contribution in [1.29, 1.82) is 0 Å². The minimum Gasteiger partial charge on any atom is -0.482 e. The average molecular weight is 467 g/mol. The van der Waals surface area contributed by atoms with Crippen molar-refractivity contribution in [1.82, 2.24) is 14.8 Å². The lowest BCUT2D eigenvalue weighted by molar-refractivity contribution is -0.113. The number of carbonyl (C=O) groups excluding carboxylic acids is 1. The molecule has 176 valence electrons. The first-order valence-electron chi connectivity index (χ1n) is 11.4. The molecule has 3 aromatic rings. The molecule has 1 aromatic heterocycles. The number of benzene rings is 2. The van der Waals surface area contributed by atoms with Crippen molar-refractivity contribution in [3.63, 3.8) is 0 Å². The summed E-state index contributed by atoms with van der Waals surface area (Å²) in [4.78, 5) is 12.5. The molecule has 0 saturated heterocycles. The van der Waals surface area contributed by atoms with Gasteiger partial charge in [0.2, 0.25) is 5.91 Å². The first-order chi connectivity index (χ1) is 15.7. The number of aryl methyl sites for hydroxylation is 1. The molecule has 2 aromatic carbocycles. The number of anilines is 1. The average Bonchev–Trinajstić information content (AvgIpc) is 3.14. The van der Waals surface area contributed by atoms with Gasteiger partial charge in [-0.1, -0.05) is 69.8 Å². The van der Waals surface area contributed by atoms with Gasteiger partial charge in [-0.15, -0.1) is 10.2 Å². The molecule has 0 fully saturated rings. The number of nitrogens with one attached hydrogen (secondary N) is 1. The predicted molar refractivity (Wildman–Crippen MR) is 135 cm³/mol. The van der Waals surface area contributed by atoms with Gasteiger partial charge in [0.25, 0.3) is 0 Å². The van der Waals surface area contributed by atoms with E-state index in [4.69, 9.17) is 4.74 Å². The van der Waals surface area contributed by atoms with E-state index < -0.39 is 0 Å². The summed E-state index contributed by atoms with van der Waals surface area (Å²) in [5, 5.41) is 12.5. The third kappa shape index (κ3) is 6.84. The van der Waals surface area contributed by atoms with Crippen molar-refractivity contribution in [2.45, 2.75) is 65.3 Å². The summed E-state index contributed by atoms with van der Waals surface area (Å²) in [5.41, 5.74) is 3.08. The summed E-state index contributed by atoms with van der Waals surface area (Å²) in [5.74, 6) is 2.58. The van der Waals surface area contributed by atoms with E-state index >= 15 is 0 Å². The fourth-order valence-corrected chi connectivity index (χ4v) is 4.36. The SMILES string of the molecule is Cc1cccc(NC(=O)CSc2nnc(C(C)Oc3ccccc3C(C)C)n2CC(C)C)c1. The quantitative estimate of drug-likeness (QED) is 0.358.